The summed E-state index contributed by atoms with van der Waals surface area (Å²) < 4.78 is 16.3. The van der Waals surface area contributed by atoms with Gasteiger partial charge in [-0.3, -0.25) is 14.3 Å². The van der Waals surface area contributed by atoms with Gasteiger partial charge >= 0.3 is 0 Å². The molecule has 176 valence electrons. The minimum absolute atomic E-state index is 0.0752. The van der Waals surface area contributed by atoms with E-state index in [1.165, 1.54) is 11.3 Å². The molecular formula is C25H32FN5O2. The van der Waals surface area contributed by atoms with Gasteiger partial charge in [-0.15, -0.1) is 0 Å². The van der Waals surface area contributed by atoms with Crippen LogP contribution in [0.1, 0.15) is 67.7 Å². The lowest BCUT2D eigenvalue weighted by molar-refractivity contribution is -0.129. The highest BCUT2D eigenvalue weighted by molar-refractivity contribution is 5.75. The predicted octanol–water partition coefficient (Wildman–Crippen LogP) is 3.70. The lowest BCUT2D eigenvalue weighted by Gasteiger charge is -2.33. The van der Waals surface area contributed by atoms with Crippen molar-refractivity contribution in [1.29, 1.82) is 0 Å². The quantitative estimate of drug-likeness (QED) is 0.663. The van der Waals surface area contributed by atoms with Gasteiger partial charge in [0.05, 0.1) is 12.6 Å². The number of rotatable bonds is 4. The van der Waals surface area contributed by atoms with Crippen molar-refractivity contribution in [3.63, 3.8) is 0 Å². The number of alkyl halides is 1. The molecule has 1 aromatic carbocycles. The zero-order valence-electron chi connectivity index (χ0n) is 19.5. The summed E-state index contributed by atoms with van der Waals surface area (Å²) in [5.41, 5.74) is 5.24. The SMILES string of the molecule is CC(=O)N1CCc2c(c(N3CCCc4ccc(C(C)F)cc43)nn2C2CCN(C=O)CC2)C1. The molecule has 1 unspecified atom stereocenters. The van der Waals surface area contributed by atoms with Crippen LogP contribution in [0.25, 0.3) is 0 Å². The Morgan fingerprint density at radius 1 is 1.18 bits per heavy atom. The molecule has 8 heteroatoms. The topological polar surface area (TPSA) is 61.7 Å². The number of halogens is 1. The standard InChI is InChI=1S/C25H32FN5O2/c1-17(26)20-6-5-19-4-3-10-30(24(19)14-20)25-22-15-29(18(2)33)13-9-23(22)31(27-25)21-7-11-28(16-32)12-8-21/h5-6,14,16-17,21H,3-4,7-13,15H2,1-2H3. The van der Waals surface area contributed by atoms with Crippen LogP contribution in [0.2, 0.25) is 0 Å². The molecule has 1 fully saturated rings. The van der Waals surface area contributed by atoms with Gasteiger partial charge in [0.25, 0.3) is 0 Å². The number of carbonyl (C=O) groups is 2. The fraction of sp³-hybridized carbons (Fsp3) is 0.560. The second-order valence-corrected chi connectivity index (χ2v) is 9.52. The number of anilines is 2. The van der Waals surface area contributed by atoms with Crippen LogP contribution in [0.4, 0.5) is 15.9 Å². The normalized spacial score (nSPS) is 19.8. The fourth-order valence-corrected chi connectivity index (χ4v) is 5.51. The molecule has 7 nitrogen and oxygen atoms in total. The predicted molar refractivity (Wildman–Crippen MR) is 124 cm³/mol. The number of fused-ring (bicyclic) bond motifs is 2. The zero-order valence-corrected chi connectivity index (χ0v) is 19.5. The summed E-state index contributed by atoms with van der Waals surface area (Å²) in [6, 6.07) is 6.15. The molecule has 0 bridgehead atoms. The molecule has 5 rings (SSSR count). The van der Waals surface area contributed by atoms with Crippen LogP contribution in [0.5, 0.6) is 0 Å². The van der Waals surface area contributed by atoms with Crippen LogP contribution >= 0.6 is 0 Å². The molecule has 1 aromatic heterocycles. The molecule has 0 radical (unpaired) electrons. The van der Waals surface area contributed by atoms with E-state index in [2.05, 4.69) is 9.58 Å². The molecule has 1 atom stereocenters. The van der Waals surface area contributed by atoms with Crippen molar-refractivity contribution in [2.75, 3.05) is 31.1 Å². The first-order valence-corrected chi connectivity index (χ1v) is 12.1. The number of hydrogen-bond acceptors (Lipinski definition) is 4. The number of benzene rings is 1. The molecule has 2 aromatic rings. The molecule has 0 N–H and O–H groups in total. The fourth-order valence-electron chi connectivity index (χ4n) is 5.51. The van der Waals surface area contributed by atoms with Crippen LogP contribution in [0, 0.1) is 0 Å². The Hall–Kier alpha value is -2.90. The third kappa shape index (κ3) is 4.00. The van der Waals surface area contributed by atoms with E-state index < -0.39 is 6.17 Å². The highest BCUT2D eigenvalue weighted by atomic mass is 19.1. The Balaban J connectivity index is 1.57. The van der Waals surface area contributed by atoms with Crippen molar-refractivity contribution in [1.82, 2.24) is 19.6 Å². The summed E-state index contributed by atoms with van der Waals surface area (Å²) in [6.45, 7) is 6.74. The van der Waals surface area contributed by atoms with E-state index in [0.29, 0.717) is 18.7 Å². The van der Waals surface area contributed by atoms with E-state index in [1.807, 2.05) is 28.0 Å². The Morgan fingerprint density at radius 3 is 2.67 bits per heavy atom. The molecule has 0 saturated carbocycles. The number of aryl methyl sites for hydroxylation is 1. The zero-order chi connectivity index (χ0) is 23.1. The average molecular weight is 454 g/mol. The summed E-state index contributed by atoms with van der Waals surface area (Å²) in [6.07, 6.45) is 4.41. The summed E-state index contributed by atoms with van der Waals surface area (Å²) in [4.78, 5) is 29.3. The number of amides is 2. The van der Waals surface area contributed by atoms with Gasteiger partial charge in [0, 0.05) is 56.5 Å². The molecule has 1 saturated heterocycles. The average Bonchev–Trinajstić information content (AvgIpc) is 3.22. The van der Waals surface area contributed by atoms with Gasteiger partial charge in [-0.25, -0.2) is 4.39 Å². The highest BCUT2D eigenvalue weighted by Gasteiger charge is 2.33. The maximum absolute atomic E-state index is 14.1. The molecule has 3 aliphatic rings. The number of aromatic nitrogens is 2. The van der Waals surface area contributed by atoms with Gasteiger partial charge in [0.15, 0.2) is 5.82 Å². The third-order valence-electron chi connectivity index (χ3n) is 7.45. The van der Waals surface area contributed by atoms with Gasteiger partial charge in [-0.2, -0.15) is 5.10 Å². The monoisotopic (exact) mass is 453 g/mol. The lowest BCUT2D eigenvalue weighted by atomic mass is 9.97. The first-order valence-electron chi connectivity index (χ1n) is 12.1. The van der Waals surface area contributed by atoms with E-state index in [0.717, 1.165) is 75.2 Å². The number of nitrogens with zero attached hydrogens (tertiary/aromatic N) is 5. The minimum atomic E-state index is -1.03. The molecule has 3 aliphatic heterocycles. The molecule has 2 amide bonds. The first kappa shape index (κ1) is 21.9. The van der Waals surface area contributed by atoms with E-state index in [1.54, 1.807) is 13.8 Å². The van der Waals surface area contributed by atoms with Crippen LogP contribution < -0.4 is 4.90 Å². The van der Waals surface area contributed by atoms with Crippen molar-refractivity contribution in [3.05, 3.63) is 40.6 Å². The van der Waals surface area contributed by atoms with Crippen LogP contribution in [0.3, 0.4) is 0 Å². The summed E-state index contributed by atoms with van der Waals surface area (Å²) in [5.74, 6) is 0.976. The molecular weight excluding hydrogens is 421 g/mol. The van der Waals surface area contributed by atoms with E-state index in [-0.39, 0.29) is 11.9 Å². The maximum Gasteiger partial charge on any atom is 0.219 e. The van der Waals surface area contributed by atoms with Crippen LogP contribution in [0.15, 0.2) is 18.2 Å². The largest absolute Gasteiger partial charge is 0.345 e. The molecule has 0 spiro atoms. The van der Waals surface area contributed by atoms with Crippen LogP contribution in [-0.2, 0) is 29.0 Å². The molecule has 4 heterocycles. The summed E-state index contributed by atoms with van der Waals surface area (Å²) in [7, 11) is 0. The van der Waals surface area contributed by atoms with Gasteiger partial charge in [0.2, 0.25) is 12.3 Å². The van der Waals surface area contributed by atoms with Crippen molar-refractivity contribution < 1.29 is 14.0 Å². The summed E-state index contributed by atoms with van der Waals surface area (Å²) >= 11 is 0. The number of likely N-dealkylation sites (tertiary alicyclic amines) is 1. The van der Waals surface area contributed by atoms with Crippen molar-refractivity contribution in [2.45, 2.75) is 64.7 Å². The smallest absolute Gasteiger partial charge is 0.219 e. The summed E-state index contributed by atoms with van der Waals surface area (Å²) in [5, 5.41) is 5.16. The molecule has 33 heavy (non-hydrogen) atoms. The van der Waals surface area contributed by atoms with Gasteiger partial charge in [0.1, 0.15) is 6.17 Å². The van der Waals surface area contributed by atoms with E-state index in [9.17, 15) is 14.0 Å². The molecule has 0 aliphatic carbocycles. The van der Waals surface area contributed by atoms with Crippen LogP contribution in [-0.4, -0.2) is 58.1 Å². The number of carbonyl (C=O) groups excluding carboxylic acids is 2. The van der Waals surface area contributed by atoms with E-state index in [4.69, 9.17) is 5.10 Å². The number of piperidine rings is 1. The van der Waals surface area contributed by atoms with Crippen molar-refractivity contribution >= 4 is 23.8 Å². The minimum Gasteiger partial charge on any atom is -0.345 e. The van der Waals surface area contributed by atoms with Crippen molar-refractivity contribution in [3.8, 4) is 0 Å². The Bertz CT molecular complexity index is 1060. The Kier molecular flexibility index (Phi) is 5.85. The van der Waals surface area contributed by atoms with Crippen molar-refractivity contribution in [2.24, 2.45) is 0 Å². The first-order chi connectivity index (χ1) is 16.0. The van der Waals surface area contributed by atoms with Gasteiger partial charge < -0.3 is 14.7 Å². The Morgan fingerprint density at radius 2 is 1.97 bits per heavy atom. The van der Waals surface area contributed by atoms with Gasteiger partial charge in [-0.05, 0) is 49.8 Å². The third-order valence-corrected chi connectivity index (χ3v) is 7.45. The van der Waals surface area contributed by atoms with Gasteiger partial charge in [-0.1, -0.05) is 12.1 Å². The second-order valence-electron chi connectivity index (χ2n) is 9.52. The lowest BCUT2D eigenvalue weighted by Crippen LogP contribution is -2.37. The second kappa shape index (κ2) is 8.80. The number of hydrogen-bond donors (Lipinski definition) is 0. The maximum atomic E-state index is 14.1. The highest BCUT2D eigenvalue weighted by Crippen LogP contribution is 2.40. The van der Waals surface area contributed by atoms with E-state index >= 15 is 0 Å². The Labute approximate surface area is 194 Å².